The van der Waals surface area contributed by atoms with Crippen molar-refractivity contribution in [1.29, 1.82) is 0 Å². The van der Waals surface area contributed by atoms with Crippen LogP contribution in [0.1, 0.15) is 42.9 Å². The number of para-hydroxylation sites is 1. The van der Waals surface area contributed by atoms with Crippen molar-refractivity contribution in [3.63, 3.8) is 0 Å². The second-order valence-corrected chi connectivity index (χ2v) is 12.9. The molecule has 0 aromatic heterocycles. The maximum Gasteiger partial charge on any atom is 0.238 e. The predicted octanol–water partition coefficient (Wildman–Crippen LogP) is 5.82. The van der Waals surface area contributed by atoms with Gasteiger partial charge in [0.15, 0.2) is 14.9 Å². The third-order valence-electron chi connectivity index (χ3n) is 7.69. The number of rotatable bonds is 9. The van der Waals surface area contributed by atoms with Gasteiger partial charge in [-0.15, -0.1) is 0 Å². The van der Waals surface area contributed by atoms with Gasteiger partial charge in [0.25, 0.3) is 0 Å². The molecule has 0 bridgehead atoms. The Kier molecular flexibility index (Phi) is 7.48. The zero-order valence-electron chi connectivity index (χ0n) is 22.3. The molecule has 1 aliphatic heterocycles. The summed E-state index contributed by atoms with van der Waals surface area (Å²) in [5, 5.41) is 6.40. The lowest BCUT2D eigenvalue weighted by Crippen LogP contribution is -2.44. The highest BCUT2D eigenvalue weighted by Gasteiger charge is 2.55. The molecule has 2 aliphatic rings. The van der Waals surface area contributed by atoms with E-state index < -0.39 is 15.3 Å². The third-order valence-corrected chi connectivity index (χ3v) is 10.1. The Balaban J connectivity index is 1.65. The number of anilines is 2. The number of carbonyl (C=O) groups excluding carboxylic acids is 1. The highest BCUT2D eigenvalue weighted by molar-refractivity contribution is 9.10. The lowest BCUT2D eigenvalue weighted by Gasteiger charge is -2.37. The van der Waals surface area contributed by atoms with Crippen molar-refractivity contribution in [2.75, 3.05) is 30.1 Å². The number of carbonyl (C=O) groups is 1. The molecule has 2 N–H and O–H groups in total. The summed E-state index contributed by atoms with van der Waals surface area (Å²) < 4.78 is 32.4. The first-order chi connectivity index (χ1) is 18.7. The molecule has 9 heteroatoms. The lowest BCUT2D eigenvalue weighted by atomic mass is 9.65. The van der Waals surface area contributed by atoms with Gasteiger partial charge in [0.1, 0.15) is 5.75 Å². The van der Waals surface area contributed by atoms with Crippen LogP contribution in [0.25, 0.3) is 5.70 Å². The van der Waals surface area contributed by atoms with Gasteiger partial charge in [-0.1, -0.05) is 43.7 Å². The van der Waals surface area contributed by atoms with E-state index in [4.69, 9.17) is 4.74 Å². The van der Waals surface area contributed by atoms with Gasteiger partial charge in [-0.2, -0.15) is 0 Å². The maximum absolute atomic E-state index is 14.0. The molecule has 0 unspecified atom stereocenters. The molecule has 1 fully saturated rings. The number of hydrogen-bond donors (Lipinski definition) is 2. The fourth-order valence-electron chi connectivity index (χ4n) is 5.44. The standard InChI is InChI=1S/C30H32BrN3O4S/c1-4-39(36,37)28(32-2)26(33-22-9-6-5-7-10-22)21-17-24-27(25(31)18-21)34(29(35)30(24)15-8-16-30)19-20-11-13-23(38-3)14-12-20/h5-7,9-14,17-18,32-33H,4,8,15-16,19H2,1-3H3/b28-26+. The van der Waals surface area contributed by atoms with Crippen LogP contribution in [-0.2, 0) is 26.6 Å². The summed E-state index contributed by atoms with van der Waals surface area (Å²) >= 11 is 3.77. The van der Waals surface area contributed by atoms with Gasteiger partial charge in [0.05, 0.1) is 36.2 Å². The number of sulfone groups is 1. The van der Waals surface area contributed by atoms with Crippen molar-refractivity contribution in [2.45, 2.75) is 38.1 Å². The summed E-state index contributed by atoms with van der Waals surface area (Å²) in [6.07, 6.45) is 2.51. The molecule has 1 spiro atoms. The number of halogens is 1. The summed E-state index contributed by atoms with van der Waals surface area (Å²) in [6.45, 7) is 2.07. The van der Waals surface area contributed by atoms with Gasteiger partial charge in [0, 0.05) is 22.8 Å². The average molecular weight is 611 g/mol. The Morgan fingerprint density at radius 3 is 2.33 bits per heavy atom. The van der Waals surface area contributed by atoms with E-state index in [0.29, 0.717) is 17.8 Å². The Bertz CT molecular complexity index is 1530. The molecule has 7 nitrogen and oxygen atoms in total. The highest BCUT2D eigenvalue weighted by atomic mass is 79.9. The number of fused-ring (bicyclic) bond motifs is 2. The van der Waals surface area contributed by atoms with Crippen molar-refractivity contribution < 1.29 is 17.9 Å². The molecule has 3 aromatic carbocycles. The van der Waals surface area contributed by atoms with Crippen LogP contribution in [0, 0.1) is 0 Å². The van der Waals surface area contributed by atoms with E-state index >= 15 is 0 Å². The molecule has 0 radical (unpaired) electrons. The normalized spacial score (nSPS) is 16.4. The number of nitrogens with one attached hydrogen (secondary N) is 2. The Hall–Kier alpha value is -3.30. The van der Waals surface area contributed by atoms with Crippen LogP contribution in [0.4, 0.5) is 11.4 Å². The van der Waals surface area contributed by atoms with Gasteiger partial charge >= 0.3 is 0 Å². The number of amides is 1. The first-order valence-electron chi connectivity index (χ1n) is 13.0. The minimum Gasteiger partial charge on any atom is -0.497 e. The van der Waals surface area contributed by atoms with E-state index in [9.17, 15) is 13.2 Å². The second kappa shape index (κ2) is 10.7. The van der Waals surface area contributed by atoms with Crippen LogP contribution in [0.2, 0.25) is 0 Å². The monoisotopic (exact) mass is 609 g/mol. The summed E-state index contributed by atoms with van der Waals surface area (Å²) in [5.74, 6) is 0.808. The SMILES string of the molecule is CCS(=O)(=O)/C(NC)=C(/Nc1ccccc1)c1cc(Br)c2c(c1)C1(CCC1)C(=O)N2Cc1ccc(OC)cc1. The topological polar surface area (TPSA) is 87.7 Å². The van der Waals surface area contributed by atoms with Crippen molar-refractivity contribution >= 4 is 48.7 Å². The quantitative estimate of drug-likeness (QED) is 0.318. The largest absolute Gasteiger partial charge is 0.497 e. The van der Waals surface area contributed by atoms with Gasteiger partial charge in [-0.3, -0.25) is 4.79 Å². The van der Waals surface area contributed by atoms with Crippen molar-refractivity contribution in [1.82, 2.24) is 5.32 Å². The number of ether oxygens (including phenoxy) is 1. The fourth-order valence-corrected chi connectivity index (χ4v) is 7.20. The first-order valence-corrected chi connectivity index (χ1v) is 15.4. The molecular weight excluding hydrogens is 578 g/mol. The maximum atomic E-state index is 14.0. The number of methoxy groups -OCH3 is 1. The summed E-state index contributed by atoms with van der Waals surface area (Å²) in [7, 11) is -0.344. The summed E-state index contributed by atoms with van der Waals surface area (Å²) in [6, 6.07) is 21.1. The number of nitrogens with zero attached hydrogens (tertiary/aromatic N) is 1. The molecule has 1 heterocycles. The van der Waals surface area contributed by atoms with E-state index in [-0.39, 0.29) is 16.7 Å². The van der Waals surface area contributed by atoms with Crippen LogP contribution in [0.15, 0.2) is 76.2 Å². The van der Waals surface area contributed by atoms with Crippen LogP contribution in [0.3, 0.4) is 0 Å². The van der Waals surface area contributed by atoms with Crippen molar-refractivity contribution in [2.24, 2.45) is 0 Å². The van der Waals surface area contributed by atoms with E-state index in [1.807, 2.05) is 71.6 Å². The molecule has 1 saturated carbocycles. The Morgan fingerprint density at radius 2 is 1.77 bits per heavy atom. The minimum atomic E-state index is -3.59. The van der Waals surface area contributed by atoms with Crippen LogP contribution < -0.4 is 20.3 Å². The average Bonchev–Trinajstić information content (AvgIpc) is 3.17. The van der Waals surface area contributed by atoms with E-state index in [0.717, 1.165) is 52.0 Å². The van der Waals surface area contributed by atoms with Gasteiger partial charge < -0.3 is 20.3 Å². The molecule has 39 heavy (non-hydrogen) atoms. The van der Waals surface area contributed by atoms with Crippen molar-refractivity contribution in [3.05, 3.63) is 92.9 Å². The fraction of sp³-hybridized carbons (Fsp3) is 0.300. The Labute approximate surface area is 238 Å². The van der Waals surface area contributed by atoms with Crippen molar-refractivity contribution in [3.8, 4) is 5.75 Å². The predicted molar refractivity (Wildman–Crippen MR) is 159 cm³/mol. The minimum absolute atomic E-state index is 0.0483. The molecule has 0 saturated heterocycles. The summed E-state index contributed by atoms with van der Waals surface area (Å²) in [5.41, 5.74) is 4.10. The number of benzene rings is 3. The van der Waals surface area contributed by atoms with Gasteiger partial charge in [-0.25, -0.2) is 8.42 Å². The summed E-state index contributed by atoms with van der Waals surface area (Å²) in [4.78, 5) is 15.8. The number of hydrogen-bond acceptors (Lipinski definition) is 6. The first kappa shape index (κ1) is 27.3. The highest BCUT2D eigenvalue weighted by Crippen LogP contribution is 2.56. The van der Waals surface area contributed by atoms with Gasteiger partial charge in [0.2, 0.25) is 5.91 Å². The molecule has 3 aromatic rings. The lowest BCUT2D eigenvalue weighted by molar-refractivity contribution is -0.126. The van der Waals surface area contributed by atoms with Crippen LogP contribution >= 0.6 is 15.9 Å². The molecule has 1 aliphatic carbocycles. The zero-order chi connectivity index (χ0) is 27.8. The van der Waals surface area contributed by atoms with E-state index in [2.05, 4.69) is 26.6 Å². The van der Waals surface area contributed by atoms with Crippen LogP contribution in [0.5, 0.6) is 5.75 Å². The van der Waals surface area contributed by atoms with Gasteiger partial charge in [-0.05, 0) is 76.3 Å². The molecule has 0 atom stereocenters. The molecule has 5 rings (SSSR count). The zero-order valence-corrected chi connectivity index (χ0v) is 24.7. The molecular formula is C30H32BrN3O4S. The molecule has 204 valence electrons. The van der Waals surface area contributed by atoms with Crippen LogP contribution in [-0.4, -0.2) is 34.2 Å². The molecule has 1 amide bonds. The third kappa shape index (κ3) is 4.82. The Morgan fingerprint density at radius 1 is 1.08 bits per heavy atom. The van der Waals surface area contributed by atoms with E-state index in [1.165, 1.54) is 0 Å². The smallest absolute Gasteiger partial charge is 0.238 e. The second-order valence-electron chi connectivity index (χ2n) is 9.88. The van der Waals surface area contributed by atoms with E-state index in [1.54, 1.807) is 21.1 Å².